The molecule has 0 bridgehead atoms. The lowest BCUT2D eigenvalue weighted by Crippen LogP contribution is -2.29. The van der Waals surface area contributed by atoms with E-state index < -0.39 is 0 Å². The van der Waals surface area contributed by atoms with Crippen molar-refractivity contribution < 1.29 is 19.1 Å². The lowest BCUT2D eigenvalue weighted by molar-refractivity contribution is -0.122. The summed E-state index contributed by atoms with van der Waals surface area (Å²) in [5, 5.41) is 3.28. The Morgan fingerprint density at radius 2 is 2.03 bits per heavy atom. The highest BCUT2D eigenvalue weighted by Crippen LogP contribution is 2.33. The van der Waals surface area contributed by atoms with E-state index in [0.29, 0.717) is 45.3 Å². The second-order valence-electron chi connectivity index (χ2n) is 6.69. The third-order valence-corrected chi connectivity index (χ3v) is 6.55. The van der Waals surface area contributed by atoms with Crippen molar-refractivity contribution >= 4 is 75.1 Å². The molecule has 1 N–H and O–H groups in total. The van der Waals surface area contributed by atoms with E-state index in [0.717, 1.165) is 5.56 Å². The fraction of sp³-hybridized carbons (Fsp3) is 0.227. The van der Waals surface area contributed by atoms with Crippen LogP contribution in [0.25, 0.3) is 6.08 Å². The van der Waals surface area contributed by atoms with E-state index in [9.17, 15) is 9.59 Å². The van der Waals surface area contributed by atoms with Crippen molar-refractivity contribution in [3.63, 3.8) is 0 Å². The predicted molar refractivity (Wildman–Crippen MR) is 133 cm³/mol. The van der Waals surface area contributed by atoms with Crippen molar-refractivity contribution in [2.24, 2.45) is 0 Å². The largest absolute Gasteiger partial charge is 0.484 e. The molecule has 1 aliphatic heterocycles. The van der Waals surface area contributed by atoms with E-state index in [-0.39, 0.29) is 23.4 Å². The molecule has 1 heterocycles. The Balaban J connectivity index is 1.60. The van der Waals surface area contributed by atoms with Crippen LogP contribution < -0.4 is 10.1 Å². The molecule has 0 atom stereocenters. The summed E-state index contributed by atoms with van der Waals surface area (Å²) in [5.41, 5.74) is 1.17. The normalized spacial score (nSPS) is 14.8. The molecule has 0 unspecified atom stereocenters. The summed E-state index contributed by atoms with van der Waals surface area (Å²) in [6.07, 6.45) is 2.47. The number of nitrogens with zero attached hydrogens (tertiary/aromatic N) is 1. The smallest absolute Gasteiger partial charge is 0.266 e. The molecule has 168 valence electrons. The Morgan fingerprint density at radius 3 is 2.81 bits per heavy atom. The first-order chi connectivity index (χ1) is 15.4. The van der Waals surface area contributed by atoms with Crippen LogP contribution in [0.3, 0.4) is 0 Å². The van der Waals surface area contributed by atoms with Crippen molar-refractivity contribution in [1.29, 1.82) is 0 Å². The van der Waals surface area contributed by atoms with Crippen LogP contribution in [0.15, 0.2) is 47.4 Å². The third kappa shape index (κ3) is 6.46. The van der Waals surface area contributed by atoms with Gasteiger partial charge in [0.15, 0.2) is 6.61 Å². The molecule has 6 nitrogen and oxygen atoms in total. The Hall–Kier alpha value is -2.10. The SMILES string of the molecule is COCCCN1C(=O)/C(=C/c2cccc(OCC(=O)Nc3cccc(Cl)c3Cl)c2)SC1=S. The first kappa shape index (κ1) is 24.5. The van der Waals surface area contributed by atoms with Crippen molar-refractivity contribution in [1.82, 2.24) is 4.90 Å². The van der Waals surface area contributed by atoms with Crippen LogP contribution in [0.1, 0.15) is 12.0 Å². The molecule has 1 aliphatic rings. The second-order valence-corrected chi connectivity index (χ2v) is 9.15. The number of nitrogens with one attached hydrogen (secondary N) is 1. The Bertz CT molecular complexity index is 1060. The number of carbonyl (C=O) groups is 2. The first-order valence-electron chi connectivity index (χ1n) is 9.60. The number of hydrogen-bond acceptors (Lipinski definition) is 6. The number of carbonyl (C=O) groups excluding carboxylic acids is 2. The average Bonchev–Trinajstić information content (AvgIpc) is 3.03. The number of halogens is 2. The van der Waals surface area contributed by atoms with Crippen LogP contribution in [0.4, 0.5) is 5.69 Å². The Kier molecular flexibility index (Phi) is 8.95. The highest BCUT2D eigenvalue weighted by atomic mass is 35.5. The monoisotopic (exact) mass is 510 g/mol. The molecular formula is C22H20Cl2N2O4S2. The number of benzene rings is 2. The maximum Gasteiger partial charge on any atom is 0.266 e. The first-order valence-corrected chi connectivity index (χ1v) is 11.6. The number of methoxy groups -OCH3 is 1. The maximum atomic E-state index is 12.6. The zero-order valence-electron chi connectivity index (χ0n) is 17.1. The van der Waals surface area contributed by atoms with Crippen molar-refractivity contribution in [2.45, 2.75) is 6.42 Å². The summed E-state index contributed by atoms with van der Waals surface area (Å²) in [6, 6.07) is 12.1. The van der Waals surface area contributed by atoms with Gasteiger partial charge in [-0.05, 0) is 42.3 Å². The van der Waals surface area contributed by atoms with Crippen molar-refractivity contribution in [3.8, 4) is 5.75 Å². The van der Waals surface area contributed by atoms with Gasteiger partial charge in [0, 0.05) is 20.3 Å². The second kappa shape index (κ2) is 11.7. The standard InChI is InChI=1S/C22H20Cl2N2O4S2/c1-29-10-4-9-26-21(28)18(32-22(26)31)12-14-5-2-6-15(11-14)30-13-19(27)25-17-8-3-7-16(23)20(17)24/h2-3,5-8,11-12H,4,9-10,13H2,1H3,(H,25,27)/b18-12-. The zero-order chi connectivity index (χ0) is 23.1. The molecule has 2 aromatic rings. The zero-order valence-corrected chi connectivity index (χ0v) is 20.2. The molecule has 10 heteroatoms. The van der Waals surface area contributed by atoms with Gasteiger partial charge in [-0.25, -0.2) is 0 Å². The molecule has 0 aromatic heterocycles. The molecule has 2 aromatic carbocycles. The summed E-state index contributed by atoms with van der Waals surface area (Å²) in [7, 11) is 1.62. The molecular weight excluding hydrogens is 491 g/mol. The minimum absolute atomic E-state index is 0.125. The van der Waals surface area contributed by atoms with Gasteiger partial charge in [0.2, 0.25) is 0 Å². The minimum atomic E-state index is -0.378. The van der Waals surface area contributed by atoms with E-state index >= 15 is 0 Å². The van der Waals surface area contributed by atoms with Gasteiger partial charge in [0.25, 0.3) is 11.8 Å². The number of amides is 2. The molecule has 1 saturated heterocycles. The fourth-order valence-electron chi connectivity index (χ4n) is 2.84. The number of hydrogen-bond donors (Lipinski definition) is 1. The highest BCUT2D eigenvalue weighted by molar-refractivity contribution is 8.26. The molecule has 0 saturated carbocycles. The van der Waals surface area contributed by atoms with Crippen LogP contribution in [-0.2, 0) is 14.3 Å². The van der Waals surface area contributed by atoms with Gasteiger partial charge in [0.1, 0.15) is 10.1 Å². The van der Waals surface area contributed by atoms with E-state index in [4.69, 9.17) is 44.9 Å². The van der Waals surface area contributed by atoms with Crippen LogP contribution in [0, 0.1) is 0 Å². The summed E-state index contributed by atoms with van der Waals surface area (Å²) >= 11 is 18.6. The molecule has 32 heavy (non-hydrogen) atoms. The van der Waals surface area contributed by atoms with Crippen LogP contribution >= 0.6 is 47.2 Å². The van der Waals surface area contributed by atoms with Gasteiger partial charge in [-0.3, -0.25) is 14.5 Å². The van der Waals surface area contributed by atoms with E-state index in [1.165, 1.54) is 11.8 Å². The molecule has 0 aliphatic carbocycles. The number of rotatable bonds is 9. The van der Waals surface area contributed by atoms with Gasteiger partial charge in [0.05, 0.1) is 20.6 Å². The van der Waals surface area contributed by atoms with E-state index in [1.54, 1.807) is 54.5 Å². The highest BCUT2D eigenvalue weighted by Gasteiger charge is 2.31. The maximum absolute atomic E-state index is 12.6. The minimum Gasteiger partial charge on any atom is -0.484 e. The van der Waals surface area contributed by atoms with Crippen LogP contribution in [0.2, 0.25) is 10.0 Å². The van der Waals surface area contributed by atoms with Gasteiger partial charge < -0.3 is 14.8 Å². The van der Waals surface area contributed by atoms with Crippen molar-refractivity contribution in [3.05, 3.63) is 63.0 Å². The molecule has 0 radical (unpaired) electrons. The molecule has 1 fully saturated rings. The average molecular weight is 511 g/mol. The predicted octanol–water partition coefficient (Wildman–Crippen LogP) is 5.25. The molecule has 2 amide bonds. The number of thioether (sulfide) groups is 1. The number of thiocarbonyl (C=S) groups is 1. The fourth-order valence-corrected chi connectivity index (χ4v) is 4.50. The van der Waals surface area contributed by atoms with Crippen molar-refractivity contribution in [2.75, 3.05) is 32.2 Å². The van der Waals surface area contributed by atoms with E-state index in [2.05, 4.69) is 5.32 Å². The molecule has 0 spiro atoms. The lowest BCUT2D eigenvalue weighted by Gasteiger charge is -2.13. The number of anilines is 1. The van der Waals surface area contributed by atoms with E-state index in [1.807, 2.05) is 6.07 Å². The summed E-state index contributed by atoms with van der Waals surface area (Å²) in [4.78, 5) is 27.0. The van der Waals surface area contributed by atoms with Gasteiger partial charge in [-0.1, -0.05) is 65.4 Å². The quantitative estimate of drug-likeness (QED) is 0.282. The van der Waals surface area contributed by atoms with Gasteiger partial charge >= 0.3 is 0 Å². The topological polar surface area (TPSA) is 67.9 Å². The summed E-state index contributed by atoms with van der Waals surface area (Å²) in [6.45, 7) is 0.866. The molecule has 3 rings (SSSR count). The summed E-state index contributed by atoms with van der Waals surface area (Å²) < 4.78 is 11.2. The van der Waals surface area contributed by atoms with Crippen LogP contribution in [0.5, 0.6) is 5.75 Å². The number of ether oxygens (including phenoxy) is 2. The third-order valence-electron chi connectivity index (χ3n) is 4.36. The Morgan fingerprint density at radius 1 is 1.25 bits per heavy atom. The van der Waals surface area contributed by atoms with Crippen LogP contribution in [-0.4, -0.2) is 47.9 Å². The van der Waals surface area contributed by atoms with Gasteiger partial charge in [-0.15, -0.1) is 0 Å². The Labute approximate surface area is 205 Å². The summed E-state index contributed by atoms with van der Waals surface area (Å²) in [5.74, 6) is -0.0154. The lowest BCUT2D eigenvalue weighted by atomic mass is 10.2. The van der Waals surface area contributed by atoms with Gasteiger partial charge in [-0.2, -0.15) is 0 Å².